The molecule has 3 rings (SSSR count). The number of rotatable bonds is 5. The van der Waals surface area contributed by atoms with E-state index in [0.29, 0.717) is 18.7 Å². The number of hydrogen-bond acceptors (Lipinski definition) is 3. The number of H-pyrrole nitrogens is 1. The van der Waals surface area contributed by atoms with E-state index in [0.717, 1.165) is 22.2 Å². The molecule has 3 N–H and O–H groups in total. The first-order valence-corrected chi connectivity index (χ1v) is 8.48. The van der Waals surface area contributed by atoms with E-state index in [1.165, 1.54) is 30.3 Å². The third-order valence-corrected chi connectivity index (χ3v) is 4.45. The maximum atomic E-state index is 13.5. The Morgan fingerprint density at radius 1 is 1.30 bits per heavy atom. The van der Waals surface area contributed by atoms with Crippen molar-refractivity contribution in [2.75, 3.05) is 11.9 Å². The fourth-order valence-corrected chi connectivity index (χ4v) is 3.14. The number of aromatic nitrogens is 1. The highest BCUT2D eigenvalue weighted by Crippen LogP contribution is 2.27. The van der Waals surface area contributed by atoms with Gasteiger partial charge in [-0.05, 0) is 49.2 Å². The van der Waals surface area contributed by atoms with Crippen LogP contribution >= 0.6 is 11.6 Å². The summed E-state index contributed by atoms with van der Waals surface area (Å²) in [6, 6.07) is 8.00. The standard InChI is InChI=1S/C18H16ClFN4O3/c1-10-13(14-8-11(20)2-4-16(14)22-10)6-7-21-18(25)23-12-3-5-17(24(26)27)15(19)9-12/h2-5,8-9,22H,6-7H2,1H3,(H2,21,23,25). The monoisotopic (exact) mass is 390 g/mol. The highest BCUT2D eigenvalue weighted by atomic mass is 35.5. The average molecular weight is 391 g/mol. The van der Waals surface area contributed by atoms with Gasteiger partial charge in [0.15, 0.2) is 0 Å². The molecule has 0 aliphatic carbocycles. The summed E-state index contributed by atoms with van der Waals surface area (Å²) in [5.74, 6) is -0.316. The van der Waals surface area contributed by atoms with Crippen LogP contribution in [0.25, 0.3) is 10.9 Å². The Kier molecular flexibility index (Phi) is 5.27. The predicted octanol–water partition coefficient (Wildman–Crippen LogP) is 4.54. The van der Waals surface area contributed by atoms with Crippen molar-refractivity contribution in [1.29, 1.82) is 0 Å². The Bertz CT molecular complexity index is 1030. The normalized spacial score (nSPS) is 10.8. The highest BCUT2D eigenvalue weighted by molar-refractivity contribution is 6.33. The van der Waals surface area contributed by atoms with Gasteiger partial charge in [0.2, 0.25) is 0 Å². The summed E-state index contributed by atoms with van der Waals surface area (Å²) in [6.07, 6.45) is 0.518. The third-order valence-electron chi connectivity index (χ3n) is 4.14. The second kappa shape index (κ2) is 7.63. The minimum atomic E-state index is -0.599. The maximum absolute atomic E-state index is 13.5. The van der Waals surface area contributed by atoms with E-state index >= 15 is 0 Å². The van der Waals surface area contributed by atoms with Crippen LogP contribution in [0.15, 0.2) is 36.4 Å². The number of hydrogen-bond donors (Lipinski definition) is 3. The Balaban J connectivity index is 1.60. The van der Waals surface area contributed by atoms with Crippen LogP contribution in [-0.4, -0.2) is 22.5 Å². The molecule has 1 aromatic heterocycles. The number of carbonyl (C=O) groups excluding carboxylic acids is 1. The van der Waals surface area contributed by atoms with E-state index in [9.17, 15) is 19.3 Å². The van der Waals surface area contributed by atoms with E-state index in [-0.39, 0.29) is 16.5 Å². The first-order valence-electron chi connectivity index (χ1n) is 8.10. The molecule has 0 fully saturated rings. The van der Waals surface area contributed by atoms with Crippen LogP contribution in [0, 0.1) is 22.9 Å². The lowest BCUT2D eigenvalue weighted by Crippen LogP contribution is -2.30. The van der Waals surface area contributed by atoms with Crippen molar-refractivity contribution in [2.45, 2.75) is 13.3 Å². The fourth-order valence-electron chi connectivity index (χ4n) is 2.89. The van der Waals surface area contributed by atoms with Crippen LogP contribution in [-0.2, 0) is 6.42 Å². The number of halogens is 2. The number of anilines is 1. The first kappa shape index (κ1) is 18.7. The Morgan fingerprint density at radius 3 is 2.78 bits per heavy atom. The SMILES string of the molecule is Cc1[nH]c2ccc(F)cc2c1CCNC(=O)Nc1ccc([N+](=O)[O-])c(Cl)c1. The van der Waals surface area contributed by atoms with E-state index in [1.807, 2.05) is 6.92 Å². The number of benzene rings is 2. The summed E-state index contributed by atoms with van der Waals surface area (Å²) < 4.78 is 13.5. The predicted molar refractivity (Wildman–Crippen MR) is 102 cm³/mol. The molecule has 3 aromatic rings. The number of fused-ring (bicyclic) bond motifs is 1. The number of nitro benzene ring substituents is 1. The van der Waals surface area contributed by atoms with Gasteiger partial charge in [0, 0.05) is 34.9 Å². The van der Waals surface area contributed by atoms with Crippen LogP contribution < -0.4 is 10.6 Å². The zero-order valence-electron chi connectivity index (χ0n) is 14.3. The number of urea groups is 1. The van der Waals surface area contributed by atoms with Crippen molar-refractivity contribution in [3.63, 3.8) is 0 Å². The minimum Gasteiger partial charge on any atom is -0.358 e. The average Bonchev–Trinajstić information content (AvgIpc) is 2.90. The molecule has 0 saturated heterocycles. The van der Waals surface area contributed by atoms with Crippen molar-refractivity contribution in [2.24, 2.45) is 0 Å². The summed E-state index contributed by atoms with van der Waals surface area (Å²) in [4.78, 5) is 25.3. The molecular formula is C18H16ClFN4O3. The molecule has 7 nitrogen and oxygen atoms in total. The van der Waals surface area contributed by atoms with Crippen LogP contribution in [0.5, 0.6) is 0 Å². The number of amides is 2. The van der Waals surface area contributed by atoms with Gasteiger partial charge in [0.25, 0.3) is 5.69 Å². The van der Waals surface area contributed by atoms with Crippen LogP contribution in [0.1, 0.15) is 11.3 Å². The number of nitro groups is 1. The van der Waals surface area contributed by atoms with E-state index in [2.05, 4.69) is 15.6 Å². The Labute approximate surface area is 158 Å². The van der Waals surface area contributed by atoms with Gasteiger partial charge in [-0.3, -0.25) is 10.1 Å². The molecule has 0 bridgehead atoms. The summed E-state index contributed by atoms with van der Waals surface area (Å²) in [7, 11) is 0. The maximum Gasteiger partial charge on any atom is 0.319 e. The van der Waals surface area contributed by atoms with Gasteiger partial charge in [0.1, 0.15) is 10.8 Å². The van der Waals surface area contributed by atoms with Crippen molar-refractivity contribution < 1.29 is 14.1 Å². The number of aryl methyl sites for hydroxylation is 1. The van der Waals surface area contributed by atoms with Crippen molar-refractivity contribution in [3.05, 3.63) is 68.6 Å². The van der Waals surface area contributed by atoms with Crippen molar-refractivity contribution in [1.82, 2.24) is 10.3 Å². The van der Waals surface area contributed by atoms with E-state index in [4.69, 9.17) is 11.6 Å². The van der Waals surface area contributed by atoms with Crippen LogP contribution in [0.4, 0.5) is 20.6 Å². The fraction of sp³-hybridized carbons (Fsp3) is 0.167. The lowest BCUT2D eigenvalue weighted by atomic mass is 10.1. The zero-order valence-corrected chi connectivity index (χ0v) is 15.1. The van der Waals surface area contributed by atoms with Crippen LogP contribution in [0.2, 0.25) is 5.02 Å². The molecule has 0 unspecified atom stereocenters. The van der Waals surface area contributed by atoms with E-state index in [1.54, 1.807) is 6.07 Å². The van der Waals surface area contributed by atoms with Gasteiger partial charge in [0.05, 0.1) is 4.92 Å². The van der Waals surface area contributed by atoms with Gasteiger partial charge in [-0.15, -0.1) is 0 Å². The smallest absolute Gasteiger partial charge is 0.319 e. The molecule has 27 heavy (non-hydrogen) atoms. The lowest BCUT2D eigenvalue weighted by molar-refractivity contribution is -0.384. The molecule has 140 valence electrons. The molecule has 0 spiro atoms. The molecule has 1 heterocycles. The number of nitrogens with one attached hydrogen (secondary N) is 3. The number of nitrogens with zero attached hydrogens (tertiary/aromatic N) is 1. The van der Waals surface area contributed by atoms with Gasteiger partial charge in [-0.25, -0.2) is 9.18 Å². The first-order chi connectivity index (χ1) is 12.8. The lowest BCUT2D eigenvalue weighted by Gasteiger charge is -2.08. The molecule has 0 atom stereocenters. The topological polar surface area (TPSA) is 100 Å². The molecule has 0 aliphatic rings. The molecule has 9 heteroatoms. The number of carbonyl (C=O) groups is 1. The third kappa shape index (κ3) is 4.17. The second-order valence-electron chi connectivity index (χ2n) is 5.97. The van der Waals surface area contributed by atoms with E-state index < -0.39 is 11.0 Å². The van der Waals surface area contributed by atoms with Gasteiger partial charge >= 0.3 is 6.03 Å². The molecule has 0 radical (unpaired) electrons. The summed E-state index contributed by atoms with van der Waals surface area (Å²) in [6.45, 7) is 2.23. The quantitative estimate of drug-likeness (QED) is 0.440. The molecule has 0 aliphatic heterocycles. The Morgan fingerprint density at radius 2 is 2.07 bits per heavy atom. The van der Waals surface area contributed by atoms with Gasteiger partial charge < -0.3 is 15.6 Å². The van der Waals surface area contributed by atoms with Crippen LogP contribution in [0.3, 0.4) is 0 Å². The van der Waals surface area contributed by atoms with Crippen molar-refractivity contribution in [3.8, 4) is 0 Å². The Hall–Kier alpha value is -3.13. The zero-order chi connectivity index (χ0) is 19.6. The summed E-state index contributed by atoms with van der Waals surface area (Å²) >= 11 is 5.82. The molecule has 2 amide bonds. The molecule has 0 saturated carbocycles. The van der Waals surface area contributed by atoms with Gasteiger partial charge in [-0.2, -0.15) is 0 Å². The minimum absolute atomic E-state index is 0.0609. The number of aromatic amines is 1. The highest BCUT2D eigenvalue weighted by Gasteiger charge is 2.13. The summed E-state index contributed by atoms with van der Waals surface area (Å²) in [5, 5.41) is 16.7. The second-order valence-corrected chi connectivity index (χ2v) is 6.38. The van der Waals surface area contributed by atoms with Crippen molar-refractivity contribution >= 4 is 39.9 Å². The largest absolute Gasteiger partial charge is 0.358 e. The van der Waals surface area contributed by atoms with Gasteiger partial charge in [-0.1, -0.05) is 11.6 Å². The molecule has 2 aromatic carbocycles. The summed E-state index contributed by atoms with van der Waals surface area (Å²) in [5.41, 5.74) is 2.80. The molecular weight excluding hydrogens is 375 g/mol.